The topological polar surface area (TPSA) is 65.0 Å². The smallest absolute Gasteiger partial charge is 0.164 e. The van der Waals surface area contributed by atoms with Crippen LogP contribution in [0, 0.1) is 0 Å². The summed E-state index contributed by atoms with van der Waals surface area (Å²) in [5.41, 5.74) is 20.2. The first-order chi connectivity index (χ1) is 34.2. The highest BCUT2D eigenvalue weighted by atomic mass is 16.3. The molecule has 0 saturated heterocycles. The van der Waals surface area contributed by atoms with E-state index in [0.29, 0.717) is 17.5 Å². The molecule has 2 aliphatic carbocycles. The summed E-state index contributed by atoms with van der Waals surface area (Å²) in [5, 5.41) is 4.06. The number of benzene rings is 10. The van der Waals surface area contributed by atoms with Crippen molar-refractivity contribution < 1.29 is 8.83 Å². The summed E-state index contributed by atoms with van der Waals surface area (Å²) >= 11 is 0. The number of nitrogens with zero attached hydrogens (tertiary/aromatic N) is 3. The van der Waals surface area contributed by atoms with Crippen LogP contribution in [0.2, 0.25) is 0 Å². The second-order valence-corrected chi connectivity index (χ2v) is 18.2. The second kappa shape index (κ2) is 14.4. The van der Waals surface area contributed by atoms with Crippen molar-refractivity contribution in [2.45, 2.75) is 5.41 Å². The van der Waals surface area contributed by atoms with E-state index in [0.717, 1.165) is 77.3 Å². The summed E-state index contributed by atoms with van der Waals surface area (Å²) in [6, 6.07) is 79.7. The van der Waals surface area contributed by atoms with Crippen molar-refractivity contribution in [3.8, 4) is 78.7 Å². The van der Waals surface area contributed by atoms with E-state index < -0.39 is 5.41 Å². The number of para-hydroxylation sites is 1. The van der Waals surface area contributed by atoms with Gasteiger partial charge in [0.1, 0.15) is 22.3 Å². The van der Waals surface area contributed by atoms with Gasteiger partial charge in [-0.15, -0.1) is 0 Å². The van der Waals surface area contributed by atoms with Crippen molar-refractivity contribution in [3.63, 3.8) is 0 Å². The van der Waals surface area contributed by atoms with Crippen molar-refractivity contribution in [3.05, 3.63) is 247 Å². The van der Waals surface area contributed by atoms with Crippen LogP contribution in [0.1, 0.15) is 22.3 Å². The van der Waals surface area contributed by atoms with E-state index in [1.807, 2.05) is 42.5 Å². The van der Waals surface area contributed by atoms with E-state index in [1.54, 1.807) is 0 Å². The Hall–Kier alpha value is -9.19. The van der Waals surface area contributed by atoms with Gasteiger partial charge >= 0.3 is 0 Å². The Morgan fingerprint density at radius 3 is 1.61 bits per heavy atom. The second-order valence-electron chi connectivity index (χ2n) is 18.2. The molecule has 0 radical (unpaired) electrons. The van der Waals surface area contributed by atoms with Crippen LogP contribution in [0.15, 0.2) is 233 Å². The average Bonchev–Trinajstić information content (AvgIpc) is 4.16. The first kappa shape index (κ1) is 38.0. The van der Waals surface area contributed by atoms with Gasteiger partial charge in [0.05, 0.1) is 5.41 Å². The molecule has 15 rings (SSSR count). The molecule has 0 bridgehead atoms. The number of hydrogen-bond acceptors (Lipinski definition) is 5. The SMILES string of the molecule is c1ccc(-c2cccc(-c3nc(-c4ccc5c(c4)oc4ccccc45)nc(-c4cccc5oc6ccc(-c7cccc8c7-c7ccccc7C87c8ccccc8-c8ccccc87)cc6c45)n3)c2)cc1. The quantitative estimate of drug-likeness (QED) is 0.172. The van der Waals surface area contributed by atoms with E-state index in [-0.39, 0.29) is 0 Å². The zero-order valence-electron chi connectivity index (χ0n) is 37.0. The maximum Gasteiger partial charge on any atom is 0.164 e. The van der Waals surface area contributed by atoms with Gasteiger partial charge in [0.2, 0.25) is 0 Å². The molecule has 10 aromatic carbocycles. The van der Waals surface area contributed by atoms with Crippen LogP contribution in [0.5, 0.6) is 0 Å². The van der Waals surface area contributed by atoms with Gasteiger partial charge in [-0.1, -0.05) is 182 Å². The molecule has 0 fully saturated rings. The lowest BCUT2D eigenvalue weighted by Gasteiger charge is -2.30. The molecule has 3 aromatic heterocycles. The van der Waals surface area contributed by atoms with Gasteiger partial charge in [0.15, 0.2) is 17.5 Å². The van der Waals surface area contributed by atoms with Gasteiger partial charge in [-0.05, 0) is 109 Å². The van der Waals surface area contributed by atoms with Crippen molar-refractivity contribution in [1.82, 2.24) is 15.0 Å². The van der Waals surface area contributed by atoms with E-state index >= 15 is 0 Å². The summed E-state index contributed by atoms with van der Waals surface area (Å²) in [6.07, 6.45) is 0. The maximum absolute atomic E-state index is 6.70. The minimum absolute atomic E-state index is 0.432. The minimum Gasteiger partial charge on any atom is -0.456 e. The molecule has 3 heterocycles. The van der Waals surface area contributed by atoms with Crippen LogP contribution >= 0.6 is 0 Å². The zero-order valence-corrected chi connectivity index (χ0v) is 37.0. The summed E-state index contributed by atoms with van der Waals surface area (Å²) in [4.78, 5) is 15.8. The lowest BCUT2D eigenvalue weighted by atomic mass is 9.70. The molecule has 0 aliphatic heterocycles. The molecule has 5 nitrogen and oxygen atoms in total. The van der Waals surface area contributed by atoms with E-state index in [1.165, 1.54) is 50.1 Å². The third kappa shape index (κ3) is 5.44. The molecular weight excluding hydrogens is 843 g/mol. The standard InChI is InChI=1S/C64H37N3O2/c1-2-15-38(16-3-1)39-17-12-18-41(35-39)61-65-62(42-31-33-47-46-21-7-11-29-55(46)69-58(47)37-42)67-63(66-61)49-24-14-30-57-60(49)50-36-40(32-34-56(50)68-57)43-23-13-28-54-59(43)48-22-6-10-27-53(48)64(54)51-25-8-4-19-44(51)45-20-5-9-26-52(45)64/h1-37H. The Bertz CT molecular complexity index is 4230. The van der Waals surface area contributed by atoms with E-state index in [9.17, 15) is 0 Å². The van der Waals surface area contributed by atoms with Crippen LogP contribution in [-0.4, -0.2) is 15.0 Å². The number of hydrogen-bond donors (Lipinski definition) is 0. The monoisotopic (exact) mass is 879 g/mol. The average molecular weight is 880 g/mol. The number of furan rings is 2. The first-order valence-electron chi connectivity index (χ1n) is 23.4. The number of rotatable bonds is 5. The predicted octanol–water partition coefficient (Wildman–Crippen LogP) is 16.3. The van der Waals surface area contributed by atoms with Crippen molar-refractivity contribution in [2.75, 3.05) is 0 Å². The molecule has 5 heteroatoms. The molecule has 13 aromatic rings. The van der Waals surface area contributed by atoms with Crippen LogP contribution in [0.3, 0.4) is 0 Å². The molecule has 2 aliphatic rings. The van der Waals surface area contributed by atoms with Gasteiger partial charge in [-0.3, -0.25) is 0 Å². The van der Waals surface area contributed by atoms with Crippen LogP contribution in [0.4, 0.5) is 0 Å². The third-order valence-electron chi connectivity index (χ3n) is 14.6. The van der Waals surface area contributed by atoms with Gasteiger partial charge in [0.25, 0.3) is 0 Å². The lowest BCUT2D eigenvalue weighted by molar-refractivity contribution is 0.668. The molecule has 0 amide bonds. The summed E-state index contributed by atoms with van der Waals surface area (Å²) in [7, 11) is 0. The van der Waals surface area contributed by atoms with Crippen LogP contribution in [0.25, 0.3) is 123 Å². The molecule has 1 spiro atoms. The fraction of sp³-hybridized carbons (Fsp3) is 0.0156. The van der Waals surface area contributed by atoms with Crippen LogP contribution in [-0.2, 0) is 5.41 Å². The third-order valence-corrected chi connectivity index (χ3v) is 14.6. The van der Waals surface area contributed by atoms with Gasteiger partial charge < -0.3 is 8.83 Å². The Labute approximate surface area is 396 Å². The van der Waals surface area contributed by atoms with Crippen molar-refractivity contribution >= 4 is 43.9 Å². The molecule has 0 N–H and O–H groups in total. The Balaban J connectivity index is 0.934. The summed E-state index contributed by atoms with van der Waals surface area (Å²) in [5.74, 6) is 1.68. The van der Waals surface area contributed by atoms with Gasteiger partial charge in [-0.2, -0.15) is 0 Å². The van der Waals surface area contributed by atoms with Crippen molar-refractivity contribution in [1.29, 1.82) is 0 Å². The molecule has 69 heavy (non-hydrogen) atoms. The predicted molar refractivity (Wildman–Crippen MR) is 278 cm³/mol. The largest absolute Gasteiger partial charge is 0.456 e. The highest BCUT2D eigenvalue weighted by Gasteiger charge is 2.52. The fourth-order valence-electron chi connectivity index (χ4n) is 11.7. The van der Waals surface area contributed by atoms with Gasteiger partial charge in [0, 0.05) is 38.2 Å². The number of fused-ring (bicyclic) bond motifs is 16. The lowest BCUT2D eigenvalue weighted by Crippen LogP contribution is -2.25. The molecule has 320 valence electrons. The Morgan fingerprint density at radius 1 is 0.275 bits per heavy atom. The molecule has 0 atom stereocenters. The number of aromatic nitrogens is 3. The van der Waals surface area contributed by atoms with Crippen LogP contribution < -0.4 is 0 Å². The normalized spacial score (nSPS) is 13.0. The molecule has 0 unspecified atom stereocenters. The summed E-state index contributed by atoms with van der Waals surface area (Å²) < 4.78 is 13.1. The Morgan fingerprint density at radius 2 is 0.797 bits per heavy atom. The Kier molecular flexibility index (Phi) is 7.93. The van der Waals surface area contributed by atoms with E-state index in [2.05, 4.69) is 182 Å². The highest BCUT2D eigenvalue weighted by Crippen LogP contribution is 2.64. The zero-order chi connectivity index (χ0) is 45.2. The molecular formula is C64H37N3O2. The van der Waals surface area contributed by atoms with Gasteiger partial charge in [-0.25, -0.2) is 15.0 Å². The highest BCUT2D eigenvalue weighted by molar-refractivity contribution is 6.13. The van der Waals surface area contributed by atoms with Crippen molar-refractivity contribution in [2.24, 2.45) is 0 Å². The first-order valence-corrected chi connectivity index (χ1v) is 23.4. The molecule has 0 saturated carbocycles. The minimum atomic E-state index is -0.432. The van der Waals surface area contributed by atoms with E-state index in [4.69, 9.17) is 23.8 Å². The maximum atomic E-state index is 6.70. The summed E-state index contributed by atoms with van der Waals surface area (Å²) in [6.45, 7) is 0. The fourth-order valence-corrected chi connectivity index (χ4v) is 11.7.